The molecule has 1 aromatic heterocycles. The van der Waals surface area contributed by atoms with Crippen molar-refractivity contribution in [3.63, 3.8) is 0 Å². The first kappa shape index (κ1) is 8.68. The minimum absolute atomic E-state index is 0. The molecule has 0 bridgehead atoms. The smallest absolute Gasteiger partial charge is 0.543 e. The summed E-state index contributed by atoms with van der Waals surface area (Å²) < 4.78 is 0. The van der Waals surface area contributed by atoms with Crippen molar-refractivity contribution in [2.24, 2.45) is 0 Å². The predicted octanol–water partition coefficient (Wildman–Crippen LogP) is -4.22. The number of rotatable bonds is 1. The Kier molecular flexibility index (Phi) is 3.53. The molecule has 4 nitrogen and oxygen atoms in total. The molecule has 1 heterocycles. The van der Waals surface area contributed by atoms with Crippen LogP contribution < -0.4 is 34.7 Å². The van der Waals surface area contributed by atoms with Crippen molar-refractivity contribution in [3.8, 4) is 0 Å². The first-order chi connectivity index (χ1) is 3.80. The number of aromatic nitrogens is 2. The maximum absolute atomic E-state index is 9.88. The number of nitrogens with zero attached hydrogens (tertiary/aromatic N) is 1. The summed E-state index contributed by atoms with van der Waals surface area (Å²) in [5, 5.41) is 9.88. The first-order valence-electron chi connectivity index (χ1n) is 2.00. The van der Waals surface area contributed by atoms with Crippen molar-refractivity contribution >= 4 is 5.97 Å². The quantitative estimate of drug-likeness (QED) is 0.396. The Morgan fingerprint density at radius 2 is 2.44 bits per heavy atom. The van der Waals surface area contributed by atoms with E-state index >= 15 is 0 Å². The molecule has 1 rings (SSSR count). The Labute approximate surface area is 73.6 Å². The van der Waals surface area contributed by atoms with Gasteiger partial charge in [-0.15, -0.1) is 0 Å². The predicted molar refractivity (Wildman–Crippen MR) is 22.9 cm³/mol. The number of carbonyl (C=O) groups is 1. The number of imidazole rings is 1. The van der Waals surface area contributed by atoms with Crippen LogP contribution in [-0.2, 0) is 0 Å². The molecule has 0 radical (unpaired) electrons. The summed E-state index contributed by atoms with van der Waals surface area (Å²) in [6.07, 6.45) is 2.47. The van der Waals surface area contributed by atoms with Gasteiger partial charge in [-0.2, -0.15) is 0 Å². The molecule has 0 aromatic carbocycles. The van der Waals surface area contributed by atoms with Gasteiger partial charge in [0, 0.05) is 0 Å². The Morgan fingerprint density at radius 3 is 2.67 bits per heavy atom. The molecule has 0 aliphatic carbocycles. The second kappa shape index (κ2) is 3.66. The van der Waals surface area contributed by atoms with E-state index in [2.05, 4.69) is 9.97 Å². The fourth-order valence-electron chi connectivity index (χ4n) is 0.368. The van der Waals surface area contributed by atoms with Gasteiger partial charge in [0.05, 0.1) is 24.2 Å². The first-order valence-corrected chi connectivity index (χ1v) is 2.00. The molecule has 1 N–H and O–H groups in total. The van der Waals surface area contributed by atoms with E-state index < -0.39 is 5.97 Å². The van der Waals surface area contributed by atoms with Gasteiger partial charge in [-0.1, -0.05) is 0 Å². The SMILES string of the molecule is O=C([O-])c1cnc[nH]1.[Na+]. The van der Waals surface area contributed by atoms with Crippen LogP contribution in [0.2, 0.25) is 0 Å². The summed E-state index contributed by atoms with van der Waals surface area (Å²) in [5.41, 5.74) is 0.00463. The number of nitrogens with one attached hydrogen (secondary N) is 1. The van der Waals surface area contributed by atoms with Crippen LogP contribution in [0.5, 0.6) is 0 Å². The van der Waals surface area contributed by atoms with E-state index in [0.717, 1.165) is 0 Å². The van der Waals surface area contributed by atoms with E-state index in [0.29, 0.717) is 0 Å². The Morgan fingerprint density at radius 1 is 1.78 bits per heavy atom. The van der Waals surface area contributed by atoms with E-state index in [9.17, 15) is 9.90 Å². The zero-order chi connectivity index (χ0) is 5.98. The van der Waals surface area contributed by atoms with E-state index in [1.807, 2.05) is 0 Å². The third kappa shape index (κ3) is 2.17. The van der Waals surface area contributed by atoms with Crippen LogP contribution >= 0.6 is 0 Å². The van der Waals surface area contributed by atoms with Crippen LogP contribution in [0.3, 0.4) is 0 Å². The number of H-pyrrole nitrogens is 1. The van der Waals surface area contributed by atoms with Crippen LogP contribution in [0.1, 0.15) is 10.5 Å². The molecular formula is C4H3N2NaO2. The Bertz CT molecular complexity index is 184. The van der Waals surface area contributed by atoms with Crippen LogP contribution in [0, 0.1) is 0 Å². The fourth-order valence-corrected chi connectivity index (χ4v) is 0.368. The minimum Gasteiger partial charge on any atom is -0.543 e. The zero-order valence-corrected chi connectivity index (χ0v) is 6.92. The summed E-state index contributed by atoms with van der Waals surface area (Å²) in [4.78, 5) is 15.7. The van der Waals surface area contributed by atoms with Crippen molar-refractivity contribution in [2.45, 2.75) is 0 Å². The monoisotopic (exact) mass is 134 g/mol. The minimum atomic E-state index is -1.23. The number of hydrogen-bond acceptors (Lipinski definition) is 3. The van der Waals surface area contributed by atoms with E-state index in [1.165, 1.54) is 12.5 Å². The average molecular weight is 134 g/mol. The molecule has 1 aromatic rings. The number of hydrogen-bond donors (Lipinski definition) is 1. The van der Waals surface area contributed by atoms with Gasteiger partial charge in [-0.25, -0.2) is 4.98 Å². The van der Waals surface area contributed by atoms with E-state index in [1.54, 1.807) is 0 Å². The molecule has 0 fully saturated rings. The molecule has 0 unspecified atom stereocenters. The van der Waals surface area contributed by atoms with Gasteiger partial charge in [0.25, 0.3) is 0 Å². The third-order valence-corrected chi connectivity index (χ3v) is 0.718. The Balaban J connectivity index is 0.000000640. The number of carbonyl (C=O) groups excluding carboxylic acids is 1. The summed E-state index contributed by atoms with van der Waals surface area (Å²) in [6.45, 7) is 0. The second-order valence-electron chi connectivity index (χ2n) is 1.25. The topological polar surface area (TPSA) is 68.8 Å². The van der Waals surface area contributed by atoms with Gasteiger partial charge < -0.3 is 14.9 Å². The van der Waals surface area contributed by atoms with Gasteiger partial charge in [-0.05, 0) is 0 Å². The number of carboxylic acid groups (broad SMARTS) is 1. The summed E-state index contributed by atoms with van der Waals surface area (Å²) in [5.74, 6) is -1.23. The van der Waals surface area contributed by atoms with Crippen LogP contribution in [0.15, 0.2) is 12.5 Å². The van der Waals surface area contributed by atoms with Crippen molar-refractivity contribution in [2.75, 3.05) is 0 Å². The maximum Gasteiger partial charge on any atom is 1.00 e. The summed E-state index contributed by atoms with van der Waals surface area (Å²) in [6, 6.07) is 0. The molecule has 0 saturated carbocycles. The standard InChI is InChI=1S/C4H4N2O2.Na/c7-4(8)3-1-5-2-6-3;/h1-2H,(H,5,6)(H,7,8);/q;+1/p-1. The largest absolute Gasteiger partial charge is 1.00 e. The molecule has 5 heteroatoms. The molecule has 0 atom stereocenters. The van der Waals surface area contributed by atoms with Crippen LogP contribution in [0.25, 0.3) is 0 Å². The molecular weight excluding hydrogens is 131 g/mol. The molecule has 0 aliphatic heterocycles. The van der Waals surface area contributed by atoms with Crippen molar-refractivity contribution in [1.82, 2.24) is 9.97 Å². The number of aromatic amines is 1. The zero-order valence-electron chi connectivity index (χ0n) is 4.92. The Hall–Kier alpha value is -0.320. The maximum atomic E-state index is 9.88. The van der Waals surface area contributed by atoms with E-state index in [-0.39, 0.29) is 35.3 Å². The van der Waals surface area contributed by atoms with Crippen molar-refractivity contribution in [3.05, 3.63) is 18.2 Å². The van der Waals surface area contributed by atoms with Crippen molar-refractivity contribution < 1.29 is 39.5 Å². The molecule has 0 saturated heterocycles. The molecule has 9 heavy (non-hydrogen) atoms. The second-order valence-corrected chi connectivity index (χ2v) is 1.25. The van der Waals surface area contributed by atoms with Crippen molar-refractivity contribution in [1.29, 1.82) is 0 Å². The van der Waals surface area contributed by atoms with E-state index in [4.69, 9.17) is 0 Å². The van der Waals surface area contributed by atoms with Gasteiger partial charge in [0.1, 0.15) is 0 Å². The van der Waals surface area contributed by atoms with Crippen LogP contribution in [0.4, 0.5) is 0 Å². The van der Waals surface area contributed by atoms with Gasteiger partial charge in [0.2, 0.25) is 0 Å². The van der Waals surface area contributed by atoms with Crippen LogP contribution in [-0.4, -0.2) is 15.9 Å². The molecule has 0 aliphatic rings. The van der Waals surface area contributed by atoms with Gasteiger partial charge in [0.15, 0.2) is 0 Å². The number of carboxylic acids is 1. The average Bonchev–Trinajstić information content (AvgIpc) is 2.12. The number of aromatic carboxylic acids is 1. The normalized spacial score (nSPS) is 8.00. The molecule has 0 spiro atoms. The molecule has 0 amide bonds. The summed E-state index contributed by atoms with van der Waals surface area (Å²) in [7, 11) is 0. The third-order valence-electron chi connectivity index (χ3n) is 0.718. The fraction of sp³-hybridized carbons (Fsp3) is 0. The van der Waals surface area contributed by atoms with Gasteiger partial charge in [-0.3, -0.25) is 0 Å². The molecule has 42 valence electrons. The van der Waals surface area contributed by atoms with Gasteiger partial charge >= 0.3 is 29.6 Å². The summed E-state index contributed by atoms with van der Waals surface area (Å²) >= 11 is 0.